The summed E-state index contributed by atoms with van der Waals surface area (Å²) in [5.74, 6) is 0.975. The molecule has 0 aromatic rings. The first-order valence-electron chi connectivity index (χ1n) is 15.7. The predicted octanol–water partition coefficient (Wildman–Crippen LogP) is 6.82. The summed E-state index contributed by atoms with van der Waals surface area (Å²) in [7, 11) is 1.50. The van der Waals surface area contributed by atoms with Crippen molar-refractivity contribution in [2.45, 2.75) is 113 Å². The van der Waals surface area contributed by atoms with Gasteiger partial charge in [-0.25, -0.2) is 5.48 Å². The van der Waals surface area contributed by atoms with Crippen LogP contribution in [0.5, 0.6) is 0 Å². The first-order chi connectivity index (χ1) is 18.5. The van der Waals surface area contributed by atoms with Crippen molar-refractivity contribution in [2.75, 3.05) is 13.7 Å². The molecule has 5 aliphatic carbocycles. The molecule has 224 valence electrons. The smallest absolute Gasteiger partial charge is 0.302 e. The van der Waals surface area contributed by atoms with E-state index in [2.05, 4.69) is 60.0 Å². The number of nitrogens with one attached hydrogen (secondary N) is 1. The van der Waals surface area contributed by atoms with E-state index >= 15 is 0 Å². The molecule has 6 nitrogen and oxygen atoms in total. The molecule has 1 N–H and O–H groups in total. The molecule has 5 aliphatic rings. The molecule has 0 spiro atoms. The van der Waals surface area contributed by atoms with E-state index in [9.17, 15) is 14.4 Å². The van der Waals surface area contributed by atoms with Gasteiger partial charge in [-0.2, -0.15) is 0 Å². The van der Waals surface area contributed by atoms with Gasteiger partial charge in [0.25, 0.3) is 0 Å². The number of fused-ring (bicyclic) bond motifs is 7. The Balaban J connectivity index is 1.53. The van der Waals surface area contributed by atoms with Gasteiger partial charge in [-0.15, -0.1) is 0 Å². The lowest BCUT2D eigenvalue weighted by molar-refractivity contribution is -0.197. The van der Waals surface area contributed by atoms with Crippen molar-refractivity contribution in [1.29, 1.82) is 0 Å². The van der Waals surface area contributed by atoms with Gasteiger partial charge in [0.2, 0.25) is 5.91 Å². The van der Waals surface area contributed by atoms with Gasteiger partial charge in [-0.05, 0) is 109 Å². The molecular weight excluding hydrogens is 502 g/mol. The van der Waals surface area contributed by atoms with E-state index in [4.69, 9.17) is 9.57 Å². The highest BCUT2D eigenvalue weighted by Crippen LogP contribution is 2.75. The van der Waals surface area contributed by atoms with Crippen molar-refractivity contribution in [3.63, 3.8) is 0 Å². The van der Waals surface area contributed by atoms with Gasteiger partial charge < -0.3 is 4.74 Å². The van der Waals surface area contributed by atoms with Gasteiger partial charge >= 0.3 is 5.97 Å². The molecule has 4 fully saturated rings. The second-order valence-corrected chi connectivity index (χ2v) is 16.2. The van der Waals surface area contributed by atoms with Gasteiger partial charge in [0.1, 0.15) is 0 Å². The molecular formula is C34H53NO5. The third-order valence-corrected chi connectivity index (χ3v) is 14.1. The Labute approximate surface area is 241 Å². The molecule has 9 atom stereocenters. The van der Waals surface area contributed by atoms with Gasteiger partial charge in [0.05, 0.1) is 13.7 Å². The molecule has 40 heavy (non-hydrogen) atoms. The zero-order valence-corrected chi connectivity index (χ0v) is 26.5. The number of allylic oxidation sites excluding steroid dienone is 2. The second kappa shape index (κ2) is 9.41. The molecule has 4 saturated carbocycles. The minimum Gasteiger partial charge on any atom is -0.466 e. The van der Waals surface area contributed by atoms with E-state index in [1.807, 2.05) is 0 Å². The molecule has 0 radical (unpaired) electrons. The van der Waals surface area contributed by atoms with E-state index in [-0.39, 0.29) is 50.8 Å². The molecule has 1 unspecified atom stereocenters. The molecule has 0 aliphatic heterocycles. The molecule has 5 rings (SSSR count). The van der Waals surface area contributed by atoms with Gasteiger partial charge in [-0.3, -0.25) is 19.2 Å². The summed E-state index contributed by atoms with van der Waals surface area (Å²) in [4.78, 5) is 44.3. The number of ether oxygens (including phenoxy) is 1. The van der Waals surface area contributed by atoms with Crippen LogP contribution in [0.25, 0.3) is 0 Å². The fourth-order valence-corrected chi connectivity index (χ4v) is 11.2. The maximum Gasteiger partial charge on any atom is 0.302 e. The largest absolute Gasteiger partial charge is 0.466 e. The van der Waals surface area contributed by atoms with Crippen LogP contribution >= 0.6 is 0 Å². The van der Waals surface area contributed by atoms with E-state index in [1.165, 1.54) is 19.6 Å². The van der Waals surface area contributed by atoms with E-state index in [0.717, 1.165) is 57.8 Å². The van der Waals surface area contributed by atoms with Crippen molar-refractivity contribution in [1.82, 2.24) is 5.48 Å². The Kier molecular flexibility index (Phi) is 7.01. The number of ketones is 1. The lowest BCUT2D eigenvalue weighted by atomic mass is 9.33. The van der Waals surface area contributed by atoms with E-state index in [1.54, 1.807) is 0 Å². The van der Waals surface area contributed by atoms with Gasteiger partial charge in [-0.1, -0.05) is 54.0 Å². The Bertz CT molecular complexity index is 1130. The fraction of sp³-hybridized carbons (Fsp3) is 0.853. The number of carbonyl (C=O) groups excluding carboxylic acids is 3. The van der Waals surface area contributed by atoms with Crippen molar-refractivity contribution in [2.24, 2.45) is 56.2 Å². The standard InChI is InChI=1S/C34H53NO5/c1-21(36)40-20-22-10-12-32(6)26(29(22,2)3)11-13-34(8)27(32)25(37)18-23-24-19-31(5,28(38)35-39-9)15-14-30(24,4)16-17-33(23,34)7/h18,22,24,26-27H,10-17,19-20H2,1-9H3,(H,35,38)/t22-,24+,26?,27-,30-,31+,32+,33-,34-/m1/s1. The Hall–Kier alpha value is -1.69. The van der Waals surface area contributed by atoms with Crippen LogP contribution < -0.4 is 5.48 Å². The van der Waals surface area contributed by atoms with Crippen molar-refractivity contribution in [3.05, 3.63) is 11.6 Å². The number of rotatable bonds is 4. The highest BCUT2D eigenvalue weighted by Gasteiger charge is 2.70. The summed E-state index contributed by atoms with van der Waals surface area (Å²) in [6.45, 7) is 18.4. The highest BCUT2D eigenvalue weighted by molar-refractivity contribution is 5.95. The highest BCUT2D eigenvalue weighted by atomic mass is 16.6. The SMILES string of the molecule is CONC(=O)[C@@]1(C)CC[C@]2(C)CC[C@]3(C)C(=CC(=O)[C@@H]4[C@@]5(C)CC[C@H](COC(C)=O)C(C)(C)C5CC[C@]43C)[C@@H]2C1. The Morgan fingerprint density at radius 2 is 1.62 bits per heavy atom. The van der Waals surface area contributed by atoms with Crippen molar-refractivity contribution in [3.8, 4) is 0 Å². The van der Waals surface area contributed by atoms with Crippen LogP contribution in [0.4, 0.5) is 0 Å². The fourth-order valence-electron chi connectivity index (χ4n) is 11.2. The Morgan fingerprint density at radius 3 is 2.27 bits per heavy atom. The summed E-state index contributed by atoms with van der Waals surface area (Å²) in [6, 6.07) is 0. The maximum absolute atomic E-state index is 14.5. The zero-order valence-electron chi connectivity index (χ0n) is 26.5. The minimum absolute atomic E-state index is 0.0139. The number of esters is 1. The topological polar surface area (TPSA) is 81.7 Å². The number of hydroxylamine groups is 1. The molecule has 0 aromatic heterocycles. The third-order valence-electron chi connectivity index (χ3n) is 14.1. The molecule has 0 aromatic carbocycles. The van der Waals surface area contributed by atoms with Crippen molar-refractivity contribution >= 4 is 17.7 Å². The minimum atomic E-state index is -0.506. The quantitative estimate of drug-likeness (QED) is 0.304. The first kappa shape index (κ1) is 29.8. The van der Waals surface area contributed by atoms with E-state index < -0.39 is 5.41 Å². The van der Waals surface area contributed by atoms with E-state index in [0.29, 0.717) is 24.2 Å². The summed E-state index contributed by atoms with van der Waals surface area (Å²) in [5.41, 5.74) is 3.25. The number of hydrogen-bond donors (Lipinski definition) is 1. The average molecular weight is 556 g/mol. The maximum atomic E-state index is 14.5. The van der Waals surface area contributed by atoms with Gasteiger partial charge in [0, 0.05) is 18.3 Å². The lowest BCUT2D eigenvalue weighted by Crippen LogP contribution is -2.66. The van der Waals surface area contributed by atoms with Gasteiger partial charge in [0.15, 0.2) is 5.78 Å². The van der Waals surface area contributed by atoms with Crippen LogP contribution in [0.3, 0.4) is 0 Å². The molecule has 1 amide bonds. The molecule has 0 bridgehead atoms. The van der Waals surface area contributed by atoms with Crippen LogP contribution in [0.1, 0.15) is 113 Å². The number of amides is 1. The van der Waals surface area contributed by atoms with Crippen LogP contribution in [-0.4, -0.2) is 31.4 Å². The number of hydrogen-bond acceptors (Lipinski definition) is 5. The normalized spacial score (nSPS) is 47.5. The van der Waals surface area contributed by atoms with Crippen LogP contribution in [0, 0.1) is 56.2 Å². The zero-order chi connectivity index (χ0) is 29.5. The summed E-state index contributed by atoms with van der Waals surface area (Å²) < 4.78 is 5.52. The molecule has 0 heterocycles. The van der Waals surface area contributed by atoms with Crippen LogP contribution in [0.2, 0.25) is 0 Å². The third kappa shape index (κ3) is 4.01. The monoisotopic (exact) mass is 555 g/mol. The van der Waals surface area contributed by atoms with Crippen LogP contribution in [0.15, 0.2) is 11.6 Å². The second-order valence-electron chi connectivity index (χ2n) is 16.2. The summed E-state index contributed by atoms with van der Waals surface area (Å²) >= 11 is 0. The summed E-state index contributed by atoms with van der Waals surface area (Å²) in [5, 5.41) is 0. The number of carbonyl (C=O) groups is 3. The van der Waals surface area contributed by atoms with Crippen LogP contribution in [-0.2, 0) is 24.0 Å². The average Bonchev–Trinajstić information content (AvgIpc) is 2.85. The predicted molar refractivity (Wildman–Crippen MR) is 155 cm³/mol. The molecule has 0 saturated heterocycles. The van der Waals surface area contributed by atoms with Crippen molar-refractivity contribution < 1.29 is 24.0 Å². The first-order valence-corrected chi connectivity index (χ1v) is 15.7. The summed E-state index contributed by atoms with van der Waals surface area (Å²) in [6.07, 6.45) is 11.0. The lowest BCUT2D eigenvalue weighted by Gasteiger charge is -2.70. The molecule has 6 heteroatoms. The Morgan fingerprint density at radius 1 is 0.950 bits per heavy atom.